The first kappa shape index (κ1) is 19.8. The average Bonchev–Trinajstić information content (AvgIpc) is 3.41. The van der Waals surface area contributed by atoms with Crippen LogP contribution in [0.1, 0.15) is 33.0 Å². The van der Waals surface area contributed by atoms with Crippen molar-refractivity contribution in [2.45, 2.75) is 26.1 Å². The second kappa shape index (κ2) is 8.17. The molecular weight excluding hydrogens is 414 g/mol. The van der Waals surface area contributed by atoms with Gasteiger partial charge in [-0.3, -0.25) is 9.69 Å². The number of carbonyl (C=O) groups is 1. The summed E-state index contributed by atoms with van der Waals surface area (Å²) in [5.74, 6) is -0.0563. The van der Waals surface area contributed by atoms with Crippen molar-refractivity contribution < 1.29 is 9.32 Å². The number of rotatable bonds is 5. The molecule has 5 rings (SSSR count). The van der Waals surface area contributed by atoms with Crippen LogP contribution in [-0.2, 0) is 26.1 Å². The second-order valence-electron chi connectivity index (χ2n) is 7.89. The topological polar surface area (TPSA) is 66.9 Å². The summed E-state index contributed by atoms with van der Waals surface area (Å²) in [6.07, 6.45) is 4.22. The van der Waals surface area contributed by atoms with Crippen molar-refractivity contribution in [3.05, 3.63) is 88.2 Å². The van der Waals surface area contributed by atoms with Crippen molar-refractivity contribution in [3.63, 3.8) is 0 Å². The minimum absolute atomic E-state index is 0.0563. The molecule has 0 saturated heterocycles. The Morgan fingerprint density at radius 2 is 2.00 bits per heavy atom. The molecule has 0 saturated carbocycles. The van der Waals surface area contributed by atoms with E-state index in [1.165, 1.54) is 11.1 Å². The fraction of sp³-hybridized carbons (Fsp3) is 0.261. The Hall–Kier alpha value is -3.16. The minimum atomic E-state index is -0.0563. The third kappa shape index (κ3) is 3.94. The second-order valence-corrected chi connectivity index (χ2v) is 8.33. The van der Waals surface area contributed by atoms with Crippen molar-refractivity contribution in [3.8, 4) is 0 Å². The van der Waals surface area contributed by atoms with Crippen LogP contribution < -0.4 is 0 Å². The van der Waals surface area contributed by atoms with Gasteiger partial charge in [0.15, 0.2) is 5.69 Å². The normalized spacial score (nSPS) is 13.7. The molecule has 0 radical (unpaired) electrons. The van der Waals surface area contributed by atoms with E-state index in [4.69, 9.17) is 16.1 Å². The molecule has 1 aromatic carbocycles. The fourth-order valence-electron chi connectivity index (χ4n) is 4.12. The summed E-state index contributed by atoms with van der Waals surface area (Å²) >= 11 is 6.26. The summed E-state index contributed by atoms with van der Waals surface area (Å²) in [6, 6.07) is 13.7. The van der Waals surface area contributed by atoms with Gasteiger partial charge in [-0.15, -0.1) is 0 Å². The largest absolute Gasteiger partial charge is 0.364 e. The molecule has 7 nitrogen and oxygen atoms in total. The Bertz CT molecular complexity index is 1230. The van der Waals surface area contributed by atoms with E-state index in [0.29, 0.717) is 42.5 Å². The van der Waals surface area contributed by atoms with Crippen LogP contribution in [-0.4, -0.2) is 43.8 Å². The number of hydrogen-bond donors (Lipinski definition) is 0. The zero-order valence-corrected chi connectivity index (χ0v) is 17.9. The standard InChI is InChI=1S/C23H22ClN5O2/c1-27(14-19-9-11-31-26-19)15-20-22(25-21-7-6-18(24)13-29(20)21)23(30)28-10-8-16-4-2-3-5-17(16)12-28/h2-7,9,11,13H,8,10,12,14-15H2,1H3. The molecule has 3 aromatic heterocycles. The number of halogens is 1. The van der Waals surface area contributed by atoms with Gasteiger partial charge in [0, 0.05) is 38.4 Å². The quantitative estimate of drug-likeness (QED) is 0.477. The van der Waals surface area contributed by atoms with Crippen LogP contribution in [0.3, 0.4) is 0 Å². The van der Waals surface area contributed by atoms with Crippen LogP contribution in [0, 0.1) is 0 Å². The molecule has 0 aliphatic carbocycles. The van der Waals surface area contributed by atoms with E-state index < -0.39 is 0 Å². The first-order valence-electron chi connectivity index (χ1n) is 10.2. The number of imidazole rings is 1. The lowest BCUT2D eigenvalue weighted by molar-refractivity contribution is 0.0727. The maximum absolute atomic E-state index is 13.6. The molecule has 4 aromatic rings. The fourth-order valence-corrected chi connectivity index (χ4v) is 4.28. The van der Waals surface area contributed by atoms with Crippen LogP contribution in [0.2, 0.25) is 5.02 Å². The molecule has 0 N–H and O–H groups in total. The van der Waals surface area contributed by atoms with Crippen LogP contribution in [0.25, 0.3) is 5.65 Å². The van der Waals surface area contributed by atoms with E-state index in [0.717, 1.165) is 17.8 Å². The summed E-state index contributed by atoms with van der Waals surface area (Å²) < 4.78 is 6.84. The predicted molar refractivity (Wildman–Crippen MR) is 117 cm³/mol. The van der Waals surface area contributed by atoms with Gasteiger partial charge in [-0.25, -0.2) is 4.98 Å². The Morgan fingerprint density at radius 1 is 1.16 bits per heavy atom. The van der Waals surface area contributed by atoms with Gasteiger partial charge in [-0.1, -0.05) is 41.0 Å². The molecule has 1 aliphatic heterocycles. The number of nitrogens with zero attached hydrogens (tertiary/aromatic N) is 5. The minimum Gasteiger partial charge on any atom is -0.364 e. The van der Waals surface area contributed by atoms with Gasteiger partial charge >= 0.3 is 0 Å². The van der Waals surface area contributed by atoms with Gasteiger partial charge in [-0.2, -0.15) is 0 Å². The summed E-state index contributed by atoms with van der Waals surface area (Å²) in [7, 11) is 1.98. The van der Waals surface area contributed by atoms with Crippen molar-refractivity contribution in [2.75, 3.05) is 13.6 Å². The maximum atomic E-state index is 13.6. The lowest BCUT2D eigenvalue weighted by Gasteiger charge is -2.28. The van der Waals surface area contributed by atoms with Gasteiger partial charge in [0.25, 0.3) is 5.91 Å². The highest BCUT2D eigenvalue weighted by atomic mass is 35.5. The summed E-state index contributed by atoms with van der Waals surface area (Å²) in [5, 5.41) is 4.57. The number of benzene rings is 1. The van der Waals surface area contributed by atoms with E-state index in [9.17, 15) is 4.79 Å². The SMILES string of the molecule is CN(Cc1ccon1)Cc1c(C(=O)N2CCc3ccccc3C2)nc2ccc(Cl)cn12. The highest BCUT2D eigenvalue weighted by Gasteiger charge is 2.27. The van der Waals surface area contributed by atoms with Crippen molar-refractivity contribution in [1.29, 1.82) is 0 Å². The Labute approximate surface area is 184 Å². The molecule has 158 valence electrons. The average molecular weight is 436 g/mol. The van der Waals surface area contributed by atoms with E-state index in [1.807, 2.05) is 46.8 Å². The van der Waals surface area contributed by atoms with Gasteiger partial charge in [0.2, 0.25) is 0 Å². The molecule has 0 atom stereocenters. The lowest BCUT2D eigenvalue weighted by atomic mass is 9.99. The number of aromatic nitrogens is 3. The van der Waals surface area contributed by atoms with Crippen LogP contribution >= 0.6 is 11.6 Å². The van der Waals surface area contributed by atoms with E-state index >= 15 is 0 Å². The molecule has 0 fully saturated rings. The summed E-state index contributed by atoms with van der Waals surface area (Å²) in [6.45, 7) is 2.38. The number of fused-ring (bicyclic) bond motifs is 2. The monoisotopic (exact) mass is 435 g/mol. The van der Waals surface area contributed by atoms with Gasteiger partial charge in [0.1, 0.15) is 11.9 Å². The van der Waals surface area contributed by atoms with Crippen molar-refractivity contribution in [2.24, 2.45) is 0 Å². The van der Waals surface area contributed by atoms with Crippen LogP contribution in [0.15, 0.2) is 59.4 Å². The molecule has 31 heavy (non-hydrogen) atoms. The first-order valence-corrected chi connectivity index (χ1v) is 10.6. The first-order chi connectivity index (χ1) is 15.1. The maximum Gasteiger partial charge on any atom is 0.274 e. The molecule has 8 heteroatoms. The highest BCUT2D eigenvalue weighted by molar-refractivity contribution is 6.30. The van der Waals surface area contributed by atoms with E-state index in [2.05, 4.69) is 27.2 Å². The third-order valence-electron chi connectivity index (χ3n) is 5.64. The summed E-state index contributed by atoms with van der Waals surface area (Å²) in [4.78, 5) is 22.2. The number of pyridine rings is 1. The zero-order valence-electron chi connectivity index (χ0n) is 17.2. The van der Waals surface area contributed by atoms with Gasteiger partial charge in [0.05, 0.1) is 16.4 Å². The molecule has 0 spiro atoms. The van der Waals surface area contributed by atoms with Gasteiger partial charge < -0.3 is 13.8 Å². The Morgan fingerprint density at radius 3 is 2.81 bits per heavy atom. The summed E-state index contributed by atoms with van der Waals surface area (Å²) in [5.41, 5.74) is 5.31. The number of hydrogen-bond acceptors (Lipinski definition) is 5. The van der Waals surface area contributed by atoms with E-state index in [-0.39, 0.29) is 5.91 Å². The van der Waals surface area contributed by atoms with Crippen LogP contribution in [0.4, 0.5) is 0 Å². The molecule has 0 bridgehead atoms. The van der Waals surface area contributed by atoms with Crippen LogP contribution in [0.5, 0.6) is 0 Å². The highest BCUT2D eigenvalue weighted by Crippen LogP contribution is 2.24. The molecule has 1 amide bonds. The number of amides is 1. The molecule has 0 unspecified atom stereocenters. The van der Waals surface area contributed by atoms with Crippen molar-refractivity contribution >= 4 is 23.2 Å². The number of carbonyl (C=O) groups excluding carboxylic acids is 1. The lowest BCUT2D eigenvalue weighted by Crippen LogP contribution is -2.37. The molecule has 1 aliphatic rings. The van der Waals surface area contributed by atoms with Crippen molar-refractivity contribution in [1.82, 2.24) is 24.3 Å². The zero-order chi connectivity index (χ0) is 21.4. The predicted octanol–water partition coefficient (Wildman–Crippen LogP) is 3.81. The van der Waals surface area contributed by atoms with Gasteiger partial charge in [-0.05, 0) is 36.7 Å². The van der Waals surface area contributed by atoms with E-state index in [1.54, 1.807) is 12.3 Å². The Kier molecular flexibility index (Phi) is 5.21. The third-order valence-corrected chi connectivity index (χ3v) is 5.87. The molecular formula is C23H22ClN5O2. The molecule has 4 heterocycles. The Balaban J connectivity index is 1.47. The smallest absolute Gasteiger partial charge is 0.274 e.